The second kappa shape index (κ2) is 5.03. The number of hydrogen-bond donors (Lipinski definition) is 2. The molecule has 0 bridgehead atoms. The second-order valence-electron chi connectivity index (χ2n) is 4.85. The maximum absolute atomic E-state index is 6.12. The molecule has 3 nitrogen and oxygen atoms in total. The van der Waals surface area contributed by atoms with E-state index in [1.165, 1.54) is 5.56 Å². The van der Waals surface area contributed by atoms with Crippen molar-refractivity contribution in [3.8, 4) is 0 Å². The van der Waals surface area contributed by atoms with Crippen LogP contribution in [0.5, 0.6) is 0 Å². The maximum atomic E-state index is 6.12. The molecule has 3 rings (SSSR count). The number of para-hydroxylation sites is 1. The van der Waals surface area contributed by atoms with Crippen LogP contribution in [0.3, 0.4) is 0 Å². The first kappa shape index (κ1) is 12.2. The molecule has 0 saturated carbocycles. The molecular weight excluding hydrogens is 236 g/mol. The van der Waals surface area contributed by atoms with Crippen LogP contribution < -0.4 is 11.1 Å². The summed E-state index contributed by atoms with van der Waals surface area (Å²) in [5, 5.41) is 3.47. The van der Waals surface area contributed by atoms with Gasteiger partial charge in [0.25, 0.3) is 0 Å². The Morgan fingerprint density at radius 2 is 1.79 bits per heavy atom. The Bertz CT molecular complexity index is 548. The minimum atomic E-state index is -0.493. The van der Waals surface area contributed by atoms with Gasteiger partial charge in [-0.05, 0) is 11.6 Å². The number of nitrogen functional groups attached to an aromatic ring is 1. The molecule has 1 fully saturated rings. The van der Waals surface area contributed by atoms with Crippen LogP contribution in [-0.4, -0.2) is 13.2 Å². The van der Waals surface area contributed by atoms with E-state index in [0.29, 0.717) is 6.61 Å². The van der Waals surface area contributed by atoms with Crippen LogP contribution in [0.4, 0.5) is 5.69 Å². The Morgan fingerprint density at radius 1 is 1.05 bits per heavy atom. The largest absolute Gasteiger partial charge is 0.398 e. The highest BCUT2D eigenvalue weighted by molar-refractivity contribution is 5.50. The first-order valence-electron chi connectivity index (χ1n) is 6.58. The lowest BCUT2D eigenvalue weighted by Crippen LogP contribution is -2.41. The molecule has 0 aliphatic carbocycles. The minimum Gasteiger partial charge on any atom is -0.398 e. The Hall–Kier alpha value is -1.84. The lowest BCUT2D eigenvalue weighted by Gasteiger charge is -2.30. The minimum absolute atomic E-state index is 0.493. The van der Waals surface area contributed by atoms with Crippen LogP contribution in [0.15, 0.2) is 54.6 Å². The normalized spacial score (nSPS) is 22.5. The van der Waals surface area contributed by atoms with E-state index >= 15 is 0 Å². The van der Waals surface area contributed by atoms with Crippen LogP contribution >= 0.6 is 0 Å². The number of nitrogens with two attached hydrogens (primary N) is 1. The molecule has 1 unspecified atom stereocenters. The topological polar surface area (TPSA) is 47.3 Å². The Morgan fingerprint density at radius 3 is 2.47 bits per heavy atom. The average Bonchev–Trinajstić information content (AvgIpc) is 2.90. The zero-order valence-electron chi connectivity index (χ0n) is 10.8. The predicted molar refractivity (Wildman–Crippen MR) is 76.6 cm³/mol. The van der Waals surface area contributed by atoms with Crippen molar-refractivity contribution in [2.45, 2.75) is 12.1 Å². The van der Waals surface area contributed by atoms with E-state index in [-0.39, 0.29) is 0 Å². The summed E-state index contributed by atoms with van der Waals surface area (Å²) in [5.74, 6) is 0. The van der Waals surface area contributed by atoms with Crippen LogP contribution in [0, 0.1) is 0 Å². The van der Waals surface area contributed by atoms with Gasteiger partial charge in [-0.25, -0.2) is 0 Å². The molecule has 0 spiro atoms. The van der Waals surface area contributed by atoms with Crippen molar-refractivity contribution in [3.05, 3.63) is 65.7 Å². The summed E-state index contributed by atoms with van der Waals surface area (Å²) in [4.78, 5) is 0. The molecule has 1 heterocycles. The van der Waals surface area contributed by atoms with Gasteiger partial charge in [0, 0.05) is 24.2 Å². The summed E-state index contributed by atoms with van der Waals surface area (Å²) >= 11 is 0. The summed E-state index contributed by atoms with van der Waals surface area (Å²) in [7, 11) is 0. The van der Waals surface area contributed by atoms with Gasteiger partial charge in [0.05, 0.1) is 6.61 Å². The highest BCUT2D eigenvalue weighted by atomic mass is 16.5. The smallest absolute Gasteiger partial charge is 0.151 e. The fraction of sp³-hybridized carbons (Fsp3) is 0.250. The van der Waals surface area contributed by atoms with E-state index in [0.717, 1.165) is 24.2 Å². The van der Waals surface area contributed by atoms with Crippen LogP contribution in [-0.2, 0) is 16.9 Å². The number of rotatable bonds is 3. The van der Waals surface area contributed by atoms with Gasteiger partial charge in [0.1, 0.15) is 0 Å². The Kier molecular flexibility index (Phi) is 3.23. The van der Waals surface area contributed by atoms with Crippen LogP contribution in [0.1, 0.15) is 11.1 Å². The van der Waals surface area contributed by atoms with E-state index in [1.807, 2.05) is 42.5 Å². The molecule has 1 saturated heterocycles. The third kappa shape index (κ3) is 2.35. The molecule has 19 heavy (non-hydrogen) atoms. The molecule has 1 aliphatic heterocycles. The van der Waals surface area contributed by atoms with Crippen molar-refractivity contribution in [2.24, 2.45) is 0 Å². The molecule has 1 atom stereocenters. The molecule has 2 aromatic rings. The maximum Gasteiger partial charge on any atom is 0.151 e. The summed E-state index contributed by atoms with van der Waals surface area (Å²) < 4.78 is 6.02. The zero-order valence-corrected chi connectivity index (χ0v) is 10.8. The fourth-order valence-corrected chi connectivity index (χ4v) is 2.66. The summed E-state index contributed by atoms with van der Waals surface area (Å²) in [5.41, 5.74) is 8.66. The first-order chi connectivity index (χ1) is 9.30. The van der Waals surface area contributed by atoms with Gasteiger partial charge >= 0.3 is 0 Å². The summed E-state index contributed by atoms with van der Waals surface area (Å²) in [6.45, 7) is 1.56. The van der Waals surface area contributed by atoms with Crippen molar-refractivity contribution in [3.63, 3.8) is 0 Å². The number of nitrogens with one attached hydrogen (secondary N) is 1. The third-order valence-electron chi connectivity index (χ3n) is 3.55. The lowest BCUT2D eigenvalue weighted by atomic mass is 9.94. The monoisotopic (exact) mass is 254 g/mol. The number of benzene rings is 2. The van der Waals surface area contributed by atoms with Gasteiger partial charge < -0.3 is 10.5 Å². The standard InChI is InChI=1S/C16H18N2O/c17-15-9-5-4-8-14(15)16(18-10-11-19-16)12-13-6-2-1-3-7-13/h1-9,18H,10-12,17H2. The molecule has 2 aromatic carbocycles. The Balaban J connectivity index is 1.98. The first-order valence-corrected chi connectivity index (χ1v) is 6.58. The third-order valence-corrected chi connectivity index (χ3v) is 3.55. The van der Waals surface area contributed by atoms with Gasteiger partial charge in [-0.1, -0.05) is 48.5 Å². The Labute approximate surface area is 113 Å². The number of ether oxygens (including phenoxy) is 1. The molecule has 3 N–H and O–H groups in total. The highest BCUT2D eigenvalue weighted by Gasteiger charge is 2.38. The van der Waals surface area contributed by atoms with Crippen molar-refractivity contribution in [1.82, 2.24) is 5.32 Å². The van der Waals surface area contributed by atoms with Crippen LogP contribution in [0.2, 0.25) is 0 Å². The van der Waals surface area contributed by atoms with Gasteiger partial charge in [-0.15, -0.1) is 0 Å². The van der Waals surface area contributed by atoms with Gasteiger partial charge in [-0.3, -0.25) is 5.32 Å². The van der Waals surface area contributed by atoms with Crippen LogP contribution in [0.25, 0.3) is 0 Å². The van der Waals surface area contributed by atoms with E-state index in [9.17, 15) is 0 Å². The lowest BCUT2D eigenvalue weighted by molar-refractivity contribution is -0.0137. The zero-order chi connectivity index (χ0) is 13.1. The molecule has 1 aliphatic rings. The molecule has 0 aromatic heterocycles. The van der Waals surface area contributed by atoms with Crippen molar-refractivity contribution in [1.29, 1.82) is 0 Å². The SMILES string of the molecule is Nc1ccccc1C1(Cc2ccccc2)NCCO1. The molecule has 98 valence electrons. The molecule has 0 radical (unpaired) electrons. The van der Waals surface area contributed by atoms with Gasteiger partial charge in [-0.2, -0.15) is 0 Å². The molecule has 0 amide bonds. The number of hydrogen-bond acceptors (Lipinski definition) is 3. The van der Waals surface area contributed by atoms with E-state index in [4.69, 9.17) is 10.5 Å². The quantitative estimate of drug-likeness (QED) is 0.826. The average molecular weight is 254 g/mol. The van der Waals surface area contributed by atoms with Gasteiger partial charge in [0.15, 0.2) is 5.72 Å². The van der Waals surface area contributed by atoms with E-state index < -0.39 is 5.72 Å². The van der Waals surface area contributed by atoms with Crippen molar-refractivity contribution in [2.75, 3.05) is 18.9 Å². The van der Waals surface area contributed by atoms with E-state index in [1.54, 1.807) is 0 Å². The molecular formula is C16H18N2O. The summed E-state index contributed by atoms with van der Waals surface area (Å²) in [6.07, 6.45) is 0.780. The highest BCUT2D eigenvalue weighted by Crippen LogP contribution is 2.33. The van der Waals surface area contributed by atoms with Crippen molar-refractivity contribution >= 4 is 5.69 Å². The summed E-state index contributed by atoms with van der Waals surface area (Å²) in [6, 6.07) is 18.3. The number of anilines is 1. The van der Waals surface area contributed by atoms with Crippen molar-refractivity contribution < 1.29 is 4.74 Å². The predicted octanol–water partition coefficient (Wildman–Crippen LogP) is 2.28. The molecule has 3 heteroatoms. The second-order valence-corrected chi connectivity index (χ2v) is 4.85. The van der Waals surface area contributed by atoms with E-state index in [2.05, 4.69) is 17.4 Å². The fourth-order valence-electron chi connectivity index (χ4n) is 2.66. The van der Waals surface area contributed by atoms with Gasteiger partial charge in [0.2, 0.25) is 0 Å².